The zero-order chi connectivity index (χ0) is 21.0. The predicted octanol–water partition coefficient (Wildman–Crippen LogP) is 1.74. The van der Waals surface area contributed by atoms with Crippen LogP contribution in [0.5, 0.6) is 11.5 Å². The molecule has 2 aromatic rings. The third kappa shape index (κ3) is 4.54. The highest BCUT2D eigenvalue weighted by Gasteiger charge is 2.31. The molecule has 1 aromatic heterocycles. The van der Waals surface area contributed by atoms with Crippen LogP contribution >= 0.6 is 0 Å². The second-order valence-electron chi connectivity index (χ2n) is 6.60. The molecule has 9 nitrogen and oxygen atoms in total. The van der Waals surface area contributed by atoms with Crippen LogP contribution in [0.4, 0.5) is 11.6 Å². The Labute approximate surface area is 171 Å². The molecule has 10 heteroatoms. The number of hydrogen-bond acceptors (Lipinski definition) is 8. The molecule has 1 aromatic carbocycles. The standard InChI is InChI=1S/C19H27N5O4S/c1-5-20-18-13-19(22-14(2)21-18)23-8-10-24(11-9-23)29(25,26)17-7-6-15(27-3)12-16(17)28-4/h6-7,12-13H,5,8-11H2,1-4H3,(H,20,21,22). The number of ether oxygens (including phenoxy) is 2. The van der Waals surface area contributed by atoms with Crippen LogP contribution in [-0.2, 0) is 10.0 Å². The van der Waals surface area contributed by atoms with Gasteiger partial charge in [0.1, 0.15) is 33.9 Å². The second-order valence-corrected chi connectivity index (χ2v) is 8.50. The average molecular weight is 422 g/mol. The summed E-state index contributed by atoms with van der Waals surface area (Å²) in [6.07, 6.45) is 0. The number of benzene rings is 1. The number of hydrogen-bond donors (Lipinski definition) is 1. The number of piperazine rings is 1. The Balaban J connectivity index is 1.77. The Bertz CT molecular complexity index is 959. The number of methoxy groups -OCH3 is 2. The van der Waals surface area contributed by atoms with Crippen molar-refractivity contribution in [1.82, 2.24) is 14.3 Å². The van der Waals surface area contributed by atoms with E-state index in [4.69, 9.17) is 9.47 Å². The van der Waals surface area contributed by atoms with Crippen LogP contribution in [0.1, 0.15) is 12.7 Å². The molecular weight excluding hydrogens is 394 g/mol. The minimum absolute atomic E-state index is 0.140. The Morgan fingerprint density at radius 2 is 1.79 bits per heavy atom. The van der Waals surface area contributed by atoms with E-state index < -0.39 is 10.0 Å². The fourth-order valence-electron chi connectivity index (χ4n) is 3.27. The lowest BCUT2D eigenvalue weighted by Gasteiger charge is -2.35. The summed E-state index contributed by atoms with van der Waals surface area (Å²) < 4.78 is 38.2. The molecule has 0 bridgehead atoms. The van der Waals surface area contributed by atoms with Crippen molar-refractivity contribution in [1.29, 1.82) is 0 Å². The maximum absolute atomic E-state index is 13.2. The maximum Gasteiger partial charge on any atom is 0.246 e. The van der Waals surface area contributed by atoms with Gasteiger partial charge in [-0.1, -0.05) is 0 Å². The van der Waals surface area contributed by atoms with E-state index in [0.29, 0.717) is 37.8 Å². The highest BCUT2D eigenvalue weighted by Crippen LogP contribution is 2.31. The number of rotatable bonds is 7. The fourth-order valence-corrected chi connectivity index (χ4v) is 4.83. The van der Waals surface area contributed by atoms with E-state index in [1.807, 2.05) is 19.9 Å². The molecule has 1 fully saturated rings. The summed E-state index contributed by atoms with van der Waals surface area (Å²) in [6, 6.07) is 6.62. The monoisotopic (exact) mass is 421 g/mol. The van der Waals surface area contributed by atoms with Crippen molar-refractivity contribution in [3.8, 4) is 11.5 Å². The summed E-state index contributed by atoms with van der Waals surface area (Å²) in [5.74, 6) is 3.06. The zero-order valence-electron chi connectivity index (χ0n) is 17.2. The van der Waals surface area contributed by atoms with Crippen LogP contribution in [0.15, 0.2) is 29.2 Å². The molecule has 1 aliphatic heterocycles. The first-order valence-electron chi connectivity index (χ1n) is 9.45. The summed E-state index contributed by atoms with van der Waals surface area (Å²) in [5.41, 5.74) is 0. The van der Waals surface area contributed by atoms with E-state index in [-0.39, 0.29) is 10.6 Å². The zero-order valence-corrected chi connectivity index (χ0v) is 18.0. The molecule has 3 rings (SSSR count). The lowest BCUT2D eigenvalue weighted by atomic mass is 10.3. The molecule has 0 saturated carbocycles. The van der Waals surface area contributed by atoms with Gasteiger partial charge in [0.05, 0.1) is 14.2 Å². The van der Waals surface area contributed by atoms with Crippen molar-refractivity contribution in [3.05, 3.63) is 30.1 Å². The van der Waals surface area contributed by atoms with Crippen molar-refractivity contribution < 1.29 is 17.9 Å². The highest BCUT2D eigenvalue weighted by atomic mass is 32.2. The first-order valence-corrected chi connectivity index (χ1v) is 10.9. The topological polar surface area (TPSA) is 96.9 Å². The van der Waals surface area contributed by atoms with Gasteiger partial charge >= 0.3 is 0 Å². The number of nitrogens with one attached hydrogen (secondary N) is 1. The van der Waals surface area contributed by atoms with Crippen molar-refractivity contribution in [3.63, 3.8) is 0 Å². The second kappa shape index (κ2) is 8.83. The quantitative estimate of drug-likeness (QED) is 0.722. The molecule has 2 heterocycles. The molecule has 158 valence electrons. The first kappa shape index (κ1) is 21.1. The molecule has 0 atom stereocenters. The molecule has 0 aliphatic carbocycles. The van der Waals surface area contributed by atoms with E-state index >= 15 is 0 Å². The average Bonchev–Trinajstić information content (AvgIpc) is 2.73. The van der Waals surface area contributed by atoms with Gasteiger partial charge in [-0.15, -0.1) is 0 Å². The number of anilines is 2. The lowest BCUT2D eigenvalue weighted by molar-refractivity contribution is 0.369. The van der Waals surface area contributed by atoms with Gasteiger partial charge < -0.3 is 19.7 Å². The summed E-state index contributed by atoms with van der Waals surface area (Å²) in [4.78, 5) is 11.1. The minimum Gasteiger partial charge on any atom is -0.497 e. The normalized spacial score (nSPS) is 15.2. The van der Waals surface area contributed by atoms with Gasteiger partial charge in [0.2, 0.25) is 10.0 Å². The first-order chi connectivity index (χ1) is 13.9. The minimum atomic E-state index is -3.68. The van der Waals surface area contributed by atoms with E-state index in [1.165, 1.54) is 24.6 Å². The van der Waals surface area contributed by atoms with Crippen LogP contribution in [0.2, 0.25) is 0 Å². The van der Waals surface area contributed by atoms with Gasteiger partial charge in [-0.05, 0) is 26.0 Å². The SMILES string of the molecule is CCNc1cc(N2CCN(S(=O)(=O)c3ccc(OC)cc3OC)CC2)nc(C)n1. The Morgan fingerprint density at radius 1 is 1.07 bits per heavy atom. The molecule has 1 saturated heterocycles. The van der Waals surface area contributed by atoms with Crippen molar-refractivity contribution in [2.24, 2.45) is 0 Å². The molecule has 0 spiro atoms. The van der Waals surface area contributed by atoms with Crippen LogP contribution < -0.4 is 19.7 Å². The van der Waals surface area contributed by atoms with E-state index in [1.54, 1.807) is 12.1 Å². The number of sulfonamides is 1. The number of aryl methyl sites for hydroxylation is 1. The van der Waals surface area contributed by atoms with E-state index in [0.717, 1.165) is 18.2 Å². The summed E-state index contributed by atoms with van der Waals surface area (Å²) >= 11 is 0. The molecule has 0 unspecified atom stereocenters. The Hall–Kier alpha value is -2.59. The van der Waals surface area contributed by atoms with Crippen molar-refractivity contribution in [2.75, 3.05) is 57.2 Å². The van der Waals surface area contributed by atoms with Crippen LogP contribution in [0, 0.1) is 6.92 Å². The van der Waals surface area contributed by atoms with Crippen molar-refractivity contribution in [2.45, 2.75) is 18.7 Å². The molecule has 0 radical (unpaired) electrons. The van der Waals surface area contributed by atoms with Gasteiger partial charge in [-0.25, -0.2) is 18.4 Å². The third-order valence-electron chi connectivity index (χ3n) is 4.73. The lowest BCUT2D eigenvalue weighted by Crippen LogP contribution is -2.49. The summed E-state index contributed by atoms with van der Waals surface area (Å²) in [7, 11) is -0.704. The Morgan fingerprint density at radius 3 is 2.41 bits per heavy atom. The van der Waals surface area contributed by atoms with E-state index in [2.05, 4.69) is 20.2 Å². The van der Waals surface area contributed by atoms with Crippen LogP contribution in [0.25, 0.3) is 0 Å². The summed E-state index contributed by atoms with van der Waals surface area (Å²) in [6.45, 7) is 6.43. The highest BCUT2D eigenvalue weighted by molar-refractivity contribution is 7.89. The maximum atomic E-state index is 13.2. The van der Waals surface area contributed by atoms with Gasteiger partial charge in [0.25, 0.3) is 0 Å². The smallest absolute Gasteiger partial charge is 0.246 e. The van der Waals surface area contributed by atoms with Crippen LogP contribution in [-0.4, -0.2) is 69.6 Å². The van der Waals surface area contributed by atoms with Crippen molar-refractivity contribution >= 4 is 21.7 Å². The third-order valence-corrected chi connectivity index (χ3v) is 6.67. The number of aromatic nitrogens is 2. The van der Waals surface area contributed by atoms with Gasteiger partial charge in [0.15, 0.2) is 0 Å². The molecule has 29 heavy (non-hydrogen) atoms. The number of nitrogens with zero attached hydrogens (tertiary/aromatic N) is 4. The predicted molar refractivity (Wildman–Crippen MR) is 111 cm³/mol. The van der Waals surface area contributed by atoms with Gasteiger partial charge in [-0.3, -0.25) is 0 Å². The van der Waals surface area contributed by atoms with E-state index in [9.17, 15) is 8.42 Å². The Kier molecular flexibility index (Phi) is 6.43. The van der Waals surface area contributed by atoms with Crippen LogP contribution in [0.3, 0.4) is 0 Å². The summed E-state index contributed by atoms with van der Waals surface area (Å²) in [5, 5.41) is 3.20. The molecule has 0 amide bonds. The largest absolute Gasteiger partial charge is 0.497 e. The molecular formula is C19H27N5O4S. The molecule has 1 aliphatic rings. The fraction of sp³-hybridized carbons (Fsp3) is 0.474. The van der Waals surface area contributed by atoms with Gasteiger partial charge in [-0.2, -0.15) is 4.31 Å². The van der Waals surface area contributed by atoms with Gasteiger partial charge in [0, 0.05) is 44.9 Å². The molecule has 1 N–H and O–H groups in total.